The van der Waals surface area contributed by atoms with Crippen molar-refractivity contribution in [3.8, 4) is 11.5 Å². The zero-order valence-corrected chi connectivity index (χ0v) is 19.2. The molecule has 0 radical (unpaired) electrons. The molecule has 4 amide bonds. The smallest absolute Gasteiger partial charge is 0.335 e. The van der Waals surface area contributed by atoms with Gasteiger partial charge in [-0.1, -0.05) is 24.3 Å². The zero-order chi connectivity index (χ0) is 25.7. The molecule has 10 heteroatoms. The van der Waals surface area contributed by atoms with Crippen molar-refractivity contribution in [3.05, 3.63) is 99.6 Å². The lowest BCUT2D eigenvalue weighted by atomic mass is 10.1. The number of hydrogen-bond donors (Lipinski definition) is 1. The summed E-state index contributed by atoms with van der Waals surface area (Å²) in [4.78, 5) is 49.0. The average Bonchev–Trinajstić information content (AvgIpc) is 2.87. The highest BCUT2D eigenvalue weighted by atomic mass is 16.6. The van der Waals surface area contributed by atoms with Crippen molar-refractivity contribution in [2.24, 2.45) is 0 Å². The number of anilines is 1. The number of non-ortho nitro benzene ring substituents is 1. The summed E-state index contributed by atoms with van der Waals surface area (Å²) in [5.41, 5.74) is 1.33. The van der Waals surface area contributed by atoms with Crippen LogP contribution in [0.15, 0.2) is 78.4 Å². The second kappa shape index (κ2) is 10.5. The SMILES string of the molecule is CCOc1cc(/C=C2\C(=O)NC(=O)N(c3ccccc3)C2=O)ccc1OCc1ccc([N+](=O)[O-])cc1. The number of nitrogens with zero attached hydrogens (tertiary/aromatic N) is 2. The lowest BCUT2D eigenvalue weighted by molar-refractivity contribution is -0.384. The van der Waals surface area contributed by atoms with Gasteiger partial charge in [0.2, 0.25) is 0 Å². The minimum absolute atomic E-state index is 0.0139. The number of benzene rings is 3. The maximum absolute atomic E-state index is 13.0. The quantitative estimate of drug-likeness (QED) is 0.218. The third-order valence-corrected chi connectivity index (χ3v) is 5.24. The number of ether oxygens (including phenoxy) is 2. The molecule has 0 aliphatic carbocycles. The van der Waals surface area contributed by atoms with E-state index in [9.17, 15) is 24.5 Å². The zero-order valence-electron chi connectivity index (χ0n) is 19.2. The van der Waals surface area contributed by atoms with E-state index in [2.05, 4.69) is 5.32 Å². The lowest BCUT2D eigenvalue weighted by Crippen LogP contribution is -2.54. The number of barbiturate groups is 1. The fourth-order valence-corrected chi connectivity index (χ4v) is 3.51. The molecule has 1 fully saturated rings. The molecule has 4 rings (SSSR count). The van der Waals surface area contributed by atoms with E-state index < -0.39 is 22.8 Å². The monoisotopic (exact) mass is 487 g/mol. The summed E-state index contributed by atoms with van der Waals surface area (Å²) in [7, 11) is 0. The van der Waals surface area contributed by atoms with Gasteiger partial charge >= 0.3 is 6.03 Å². The molecular formula is C26H21N3O7. The van der Waals surface area contributed by atoms with Crippen LogP contribution >= 0.6 is 0 Å². The van der Waals surface area contributed by atoms with Crippen molar-refractivity contribution in [3.63, 3.8) is 0 Å². The van der Waals surface area contributed by atoms with Crippen LogP contribution in [0.3, 0.4) is 0 Å². The fourth-order valence-electron chi connectivity index (χ4n) is 3.51. The van der Waals surface area contributed by atoms with Crippen molar-refractivity contribution in [1.29, 1.82) is 0 Å². The van der Waals surface area contributed by atoms with Gasteiger partial charge in [-0.2, -0.15) is 0 Å². The second-order valence-corrected chi connectivity index (χ2v) is 7.64. The van der Waals surface area contributed by atoms with Crippen molar-refractivity contribution < 1.29 is 28.8 Å². The van der Waals surface area contributed by atoms with Gasteiger partial charge in [-0.3, -0.25) is 25.0 Å². The first kappa shape index (κ1) is 24.1. The Morgan fingerprint density at radius 1 is 0.944 bits per heavy atom. The van der Waals surface area contributed by atoms with Crippen LogP contribution in [0.2, 0.25) is 0 Å². The first-order chi connectivity index (χ1) is 17.4. The Kier molecular flexibility index (Phi) is 7.05. The first-order valence-electron chi connectivity index (χ1n) is 11.0. The van der Waals surface area contributed by atoms with Gasteiger partial charge in [0.1, 0.15) is 12.2 Å². The number of rotatable bonds is 8. The number of imide groups is 2. The third kappa shape index (κ3) is 5.22. The molecule has 3 aromatic carbocycles. The Balaban J connectivity index is 1.57. The topological polar surface area (TPSA) is 128 Å². The molecule has 182 valence electrons. The molecule has 0 aromatic heterocycles. The fraction of sp³-hybridized carbons (Fsp3) is 0.115. The maximum Gasteiger partial charge on any atom is 0.335 e. The summed E-state index contributed by atoms with van der Waals surface area (Å²) < 4.78 is 11.5. The van der Waals surface area contributed by atoms with Crippen LogP contribution < -0.4 is 19.7 Å². The van der Waals surface area contributed by atoms with Gasteiger partial charge in [0.25, 0.3) is 17.5 Å². The van der Waals surface area contributed by atoms with Crippen LogP contribution in [-0.2, 0) is 16.2 Å². The molecule has 1 aliphatic heterocycles. The van der Waals surface area contributed by atoms with Crippen molar-refractivity contribution in [2.75, 3.05) is 11.5 Å². The van der Waals surface area contributed by atoms with E-state index in [0.29, 0.717) is 29.4 Å². The standard InChI is InChI=1S/C26H21N3O7/c1-2-35-23-15-18(10-13-22(23)36-16-17-8-11-20(12-9-17)29(33)34)14-21-24(30)27-26(32)28(25(21)31)19-6-4-3-5-7-19/h3-15H,2,16H2,1H3,(H,27,30,32)/b21-14+. The summed E-state index contributed by atoms with van der Waals surface area (Å²) in [5, 5.41) is 13.0. The number of para-hydroxylation sites is 1. The van der Waals surface area contributed by atoms with Crippen LogP contribution in [0.4, 0.5) is 16.2 Å². The molecule has 0 atom stereocenters. The molecule has 0 saturated carbocycles. The Hall–Kier alpha value is -4.99. The van der Waals surface area contributed by atoms with E-state index >= 15 is 0 Å². The predicted molar refractivity (Wildman–Crippen MR) is 130 cm³/mol. The number of nitro benzene ring substituents is 1. The second-order valence-electron chi connectivity index (χ2n) is 7.64. The number of hydrogen-bond acceptors (Lipinski definition) is 7. The summed E-state index contributed by atoms with van der Waals surface area (Å²) >= 11 is 0. The molecule has 1 saturated heterocycles. The Morgan fingerprint density at radius 2 is 1.67 bits per heavy atom. The van der Waals surface area contributed by atoms with E-state index in [0.717, 1.165) is 10.5 Å². The normalized spacial score (nSPS) is 14.5. The highest BCUT2D eigenvalue weighted by Gasteiger charge is 2.36. The molecule has 3 aromatic rings. The summed E-state index contributed by atoms with van der Waals surface area (Å²) in [6.07, 6.45) is 1.38. The van der Waals surface area contributed by atoms with Crippen molar-refractivity contribution in [2.45, 2.75) is 13.5 Å². The highest BCUT2D eigenvalue weighted by Crippen LogP contribution is 2.31. The van der Waals surface area contributed by atoms with Crippen LogP contribution in [-0.4, -0.2) is 29.4 Å². The van der Waals surface area contributed by atoms with Gasteiger partial charge in [0.15, 0.2) is 11.5 Å². The van der Waals surface area contributed by atoms with Crippen LogP contribution in [0, 0.1) is 10.1 Å². The van der Waals surface area contributed by atoms with Gasteiger partial charge in [-0.25, -0.2) is 9.69 Å². The molecular weight excluding hydrogens is 466 g/mol. The third-order valence-electron chi connectivity index (χ3n) is 5.24. The predicted octanol–water partition coefficient (Wildman–Crippen LogP) is 4.24. The van der Waals surface area contributed by atoms with E-state index in [1.807, 2.05) is 0 Å². The average molecular weight is 487 g/mol. The Morgan fingerprint density at radius 3 is 2.33 bits per heavy atom. The van der Waals surface area contributed by atoms with Gasteiger partial charge in [-0.15, -0.1) is 0 Å². The Bertz CT molecular complexity index is 1350. The molecule has 1 aliphatic rings. The molecule has 10 nitrogen and oxygen atoms in total. The van der Waals surface area contributed by atoms with E-state index in [1.54, 1.807) is 67.6 Å². The largest absolute Gasteiger partial charge is 0.490 e. The molecule has 0 bridgehead atoms. The Labute approximate surface area is 205 Å². The maximum atomic E-state index is 13.0. The number of carbonyl (C=O) groups is 3. The van der Waals surface area contributed by atoms with Gasteiger partial charge in [-0.05, 0) is 60.5 Å². The molecule has 1 heterocycles. The summed E-state index contributed by atoms with van der Waals surface area (Å²) in [6, 6.07) is 18.4. The number of urea groups is 1. The molecule has 36 heavy (non-hydrogen) atoms. The van der Waals surface area contributed by atoms with Crippen molar-refractivity contribution >= 4 is 35.3 Å². The molecule has 1 N–H and O–H groups in total. The number of nitrogens with one attached hydrogen (secondary N) is 1. The van der Waals surface area contributed by atoms with Crippen LogP contribution in [0.1, 0.15) is 18.1 Å². The number of nitro groups is 1. The summed E-state index contributed by atoms with van der Waals surface area (Å²) in [5.74, 6) is -0.744. The molecule has 0 unspecified atom stereocenters. The van der Waals surface area contributed by atoms with Crippen molar-refractivity contribution in [1.82, 2.24) is 5.32 Å². The summed E-state index contributed by atoms with van der Waals surface area (Å²) in [6.45, 7) is 2.28. The van der Waals surface area contributed by atoms with Crippen LogP contribution in [0.25, 0.3) is 6.08 Å². The van der Waals surface area contributed by atoms with E-state index in [4.69, 9.17) is 9.47 Å². The first-order valence-corrected chi connectivity index (χ1v) is 11.0. The number of carbonyl (C=O) groups excluding carboxylic acids is 3. The molecule has 0 spiro atoms. The van der Waals surface area contributed by atoms with Gasteiger partial charge in [0, 0.05) is 12.1 Å². The minimum Gasteiger partial charge on any atom is -0.490 e. The number of amides is 4. The van der Waals surface area contributed by atoms with Gasteiger partial charge < -0.3 is 9.47 Å². The minimum atomic E-state index is -0.821. The van der Waals surface area contributed by atoms with Crippen LogP contribution in [0.5, 0.6) is 11.5 Å². The lowest BCUT2D eigenvalue weighted by Gasteiger charge is -2.26. The van der Waals surface area contributed by atoms with Gasteiger partial charge in [0.05, 0.1) is 17.2 Å². The van der Waals surface area contributed by atoms with E-state index in [-0.39, 0.29) is 17.9 Å². The highest BCUT2D eigenvalue weighted by molar-refractivity contribution is 6.39. The van der Waals surface area contributed by atoms with E-state index in [1.165, 1.54) is 18.2 Å².